The monoisotopic (exact) mass is 434 g/mol. The molecule has 5 rings (SSSR count). The molecule has 1 aliphatic rings. The molecule has 158 valence electrons. The van der Waals surface area contributed by atoms with E-state index in [1.807, 2.05) is 43.6 Å². The summed E-state index contributed by atoms with van der Waals surface area (Å²) in [5, 5.41) is 9.35. The van der Waals surface area contributed by atoms with E-state index in [0.717, 1.165) is 42.6 Å². The average molecular weight is 435 g/mol. The number of hydrogen-bond acceptors (Lipinski definition) is 7. The number of aromatic nitrogens is 5. The van der Waals surface area contributed by atoms with Crippen molar-refractivity contribution in [2.45, 2.75) is 6.42 Å². The first-order valence-electron chi connectivity index (χ1n) is 10.3. The Morgan fingerprint density at radius 3 is 2.77 bits per heavy atom. The van der Waals surface area contributed by atoms with Gasteiger partial charge in [0.2, 0.25) is 0 Å². The summed E-state index contributed by atoms with van der Waals surface area (Å²) in [5.41, 5.74) is 9.86. The van der Waals surface area contributed by atoms with Crippen LogP contribution in [0.3, 0.4) is 0 Å². The van der Waals surface area contributed by atoms with E-state index >= 15 is 0 Å². The molecule has 1 aromatic carbocycles. The number of nitrogens with two attached hydrogens (primary N) is 1. The van der Waals surface area contributed by atoms with E-state index in [1.54, 1.807) is 10.9 Å². The Morgan fingerprint density at radius 1 is 1.16 bits per heavy atom. The van der Waals surface area contributed by atoms with Crippen LogP contribution < -0.4 is 11.1 Å². The Kier molecular flexibility index (Phi) is 5.17. The summed E-state index contributed by atoms with van der Waals surface area (Å²) < 4.78 is 1.73. The summed E-state index contributed by atoms with van der Waals surface area (Å²) >= 11 is 6.55. The SMILES string of the molecule is Cn1ccc(-c2nc(N)c(NCCN3CCC3)nc2-c2cc(Cl)c3ncccc3c2)n1. The fourth-order valence-electron chi connectivity index (χ4n) is 3.72. The van der Waals surface area contributed by atoms with Crippen molar-refractivity contribution in [3.63, 3.8) is 0 Å². The average Bonchev–Trinajstić information content (AvgIpc) is 3.16. The van der Waals surface area contributed by atoms with Crippen LogP contribution in [-0.2, 0) is 7.05 Å². The van der Waals surface area contributed by atoms with Gasteiger partial charge in [-0.05, 0) is 43.8 Å². The van der Waals surface area contributed by atoms with E-state index < -0.39 is 0 Å². The topological polar surface area (TPSA) is 97.8 Å². The molecule has 31 heavy (non-hydrogen) atoms. The number of pyridine rings is 1. The van der Waals surface area contributed by atoms with Crippen LogP contribution >= 0.6 is 11.6 Å². The number of halogens is 1. The van der Waals surface area contributed by atoms with Crippen LogP contribution in [-0.4, -0.2) is 55.8 Å². The van der Waals surface area contributed by atoms with Gasteiger partial charge in [0.05, 0.1) is 10.5 Å². The Morgan fingerprint density at radius 2 is 2.03 bits per heavy atom. The van der Waals surface area contributed by atoms with E-state index in [0.29, 0.717) is 33.7 Å². The number of hydrogen-bond donors (Lipinski definition) is 2. The summed E-state index contributed by atoms with van der Waals surface area (Å²) in [4.78, 5) is 16.3. The van der Waals surface area contributed by atoms with E-state index in [-0.39, 0.29) is 0 Å². The second kappa shape index (κ2) is 8.13. The molecule has 1 saturated heterocycles. The van der Waals surface area contributed by atoms with Gasteiger partial charge in [-0.2, -0.15) is 5.10 Å². The molecule has 4 heterocycles. The van der Waals surface area contributed by atoms with Crippen LogP contribution in [0.5, 0.6) is 0 Å². The van der Waals surface area contributed by atoms with Crippen molar-refractivity contribution in [2.75, 3.05) is 37.2 Å². The lowest BCUT2D eigenvalue weighted by atomic mass is 10.0. The number of nitrogen functional groups attached to an aromatic ring is 1. The van der Waals surface area contributed by atoms with Crippen molar-refractivity contribution >= 4 is 34.1 Å². The minimum Gasteiger partial charge on any atom is -0.381 e. The van der Waals surface area contributed by atoms with Gasteiger partial charge in [0.1, 0.15) is 17.1 Å². The molecule has 8 nitrogen and oxygen atoms in total. The van der Waals surface area contributed by atoms with Crippen molar-refractivity contribution < 1.29 is 0 Å². The molecule has 0 saturated carbocycles. The largest absolute Gasteiger partial charge is 0.381 e. The second-order valence-electron chi connectivity index (χ2n) is 7.68. The van der Waals surface area contributed by atoms with Crippen LogP contribution in [0.15, 0.2) is 42.7 Å². The smallest absolute Gasteiger partial charge is 0.169 e. The van der Waals surface area contributed by atoms with Crippen LogP contribution in [0.1, 0.15) is 6.42 Å². The molecule has 0 unspecified atom stereocenters. The number of likely N-dealkylation sites (tertiary alicyclic amines) is 1. The highest BCUT2D eigenvalue weighted by molar-refractivity contribution is 6.35. The maximum absolute atomic E-state index is 6.55. The fraction of sp³-hybridized carbons (Fsp3) is 0.273. The Labute approximate surface area is 185 Å². The zero-order chi connectivity index (χ0) is 21.4. The fourth-order valence-corrected chi connectivity index (χ4v) is 4.00. The van der Waals surface area contributed by atoms with Gasteiger partial charge in [-0.15, -0.1) is 0 Å². The molecule has 4 aromatic rings. The van der Waals surface area contributed by atoms with Crippen LogP contribution in [0.25, 0.3) is 33.5 Å². The highest BCUT2D eigenvalue weighted by atomic mass is 35.5. The van der Waals surface area contributed by atoms with Crippen LogP contribution in [0.4, 0.5) is 11.6 Å². The van der Waals surface area contributed by atoms with Gasteiger partial charge >= 0.3 is 0 Å². The lowest BCUT2D eigenvalue weighted by Crippen LogP contribution is -2.40. The molecule has 0 atom stereocenters. The molecule has 0 amide bonds. The number of nitrogens with one attached hydrogen (secondary N) is 1. The van der Waals surface area contributed by atoms with E-state index in [4.69, 9.17) is 22.3 Å². The van der Waals surface area contributed by atoms with Crippen molar-refractivity contribution in [2.24, 2.45) is 7.05 Å². The number of rotatable bonds is 6. The molecule has 3 aromatic heterocycles. The third kappa shape index (κ3) is 3.92. The minimum absolute atomic E-state index is 0.349. The molecule has 0 spiro atoms. The first kappa shape index (κ1) is 19.7. The highest BCUT2D eigenvalue weighted by Gasteiger charge is 2.19. The van der Waals surface area contributed by atoms with Gasteiger partial charge in [-0.1, -0.05) is 17.7 Å². The predicted octanol–water partition coefficient (Wildman–Crippen LogP) is 3.45. The molecule has 0 radical (unpaired) electrons. The van der Waals surface area contributed by atoms with Crippen molar-refractivity contribution in [3.8, 4) is 22.6 Å². The maximum atomic E-state index is 6.55. The molecule has 0 bridgehead atoms. The van der Waals surface area contributed by atoms with E-state index in [2.05, 4.69) is 25.3 Å². The van der Waals surface area contributed by atoms with Crippen LogP contribution in [0.2, 0.25) is 5.02 Å². The normalized spacial score (nSPS) is 14.0. The number of nitrogens with zero attached hydrogens (tertiary/aromatic N) is 6. The van der Waals surface area contributed by atoms with Gasteiger partial charge in [-0.3, -0.25) is 9.67 Å². The van der Waals surface area contributed by atoms with Gasteiger partial charge in [0.15, 0.2) is 11.6 Å². The molecule has 0 aliphatic carbocycles. The zero-order valence-electron chi connectivity index (χ0n) is 17.2. The van der Waals surface area contributed by atoms with Gasteiger partial charge in [-0.25, -0.2) is 9.97 Å². The second-order valence-corrected chi connectivity index (χ2v) is 8.09. The minimum atomic E-state index is 0.349. The molecule has 3 N–H and O–H groups in total. The van der Waals surface area contributed by atoms with Gasteiger partial charge in [0.25, 0.3) is 0 Å². The van der Waals surface area contributed by atoms with Gasteiger partial charge in [0, 0.05) is 43.5 Å². The summed E-state index contributed by atoms with van der Waals surface area (Å²) in [6.45, 7) is 4.00. The number of anilines is 2. The lowest BCUT2D eigenvalue weighted by molar-refractivity contribution is 0.189. The van der Waals surface area contributed by atoms with Gasteiger partial charge < -0.3 is 16.0 Å². The Bertz CT molecular complexity index is 1250. The molecular formula is C22H23ClN8. The highest BCUT2D eigenvalue weighted by Crippen LogP contribution is 2.35. The third-order valence-electron chi connectivity index (χ3n) is 5.48. The first-order valence-corrected chi connectivity index (χ1v) is 10.6. The van der Waals surface area contributed by atoms with Crippen LogP contribution in [0, 0.1) is 0 Å². The molecule has 1 aliphatic heterocycles. The first-order chi connectivity index (χ1) is 15.1. The predicted molar refractivity (Wildman–Crippen MR) is 124 cm³/mol. The van der Waals surface area contributed by atoms with E-state index in [9.17, 15) is 0 Å². The van der Waals surface area contributed by atoms with E-state index in [1.165, 1.54) is 6.42 Å². The lowest BCUT2D eigenvalue weighted by Gasteiger charge is -2.30. The third-order valence-corrected chi connectivity index (χ3v) is 5.77. The van der Waals surface area contributed by atoms with Crippen molar-refractivity contribution in [1.82, 2.24) is 29.6 Å². The quantitative estimate of drug-likeness (QED) is 0.479. The number of fused-ring (bicyclic) bond motifs is 1. The molecule has 9 heteroatoms. The van der Waals surface area contributed by atoms with Crippen molar-refractivity contribution in [3.05, 3.63) is 47.7 Å². The molecular weight excluding hydrogens is 412 g/mol. The Balaban J connectivity index is 1.59. The summed E-state index contributed by atoms with van der Waals surface area (Å²) in [7, 11) is 1.87. The summed E-state index contributed by atoms with van der Waals surface area (Å²) in [6, 6.07) is 9.65. The van der Waals surface area contributed by atoms with Crippen molar-refractivity contribution in [1.29, 1.82) is 0 Å². The standard InChI is InChI=1S/C22H23ClN8/c1-30-10-5-17(29-30)20-19(15-12-14-4-2-6-25-18(14)16(23)13-15)28-22(21(24)27-20)26-7-11-31-8-3-9-31/h2,4-6,10,12-13H,3,7-9,11H2,1H3,(H2,24,27)(H,26,28). The summed E-state index contributed by atoms with van der Waals surface area (Å²) in [5.74, 6) is 0.916. The number of aryl methyl sites for hydroxylation is 1. The Hall–Kier alpha value is -3.23. The molecule has 1 fully saturated rings. The zero-order valence-corrected chi connectivity index (χ0v) is 18.0. The number of benzene rings is 1. The summed E-state index contributed by atoms with van der Waals surface area (Å²) in [6.07, 6.45) is 4.87. The maximum Gasteiger partial charge on any atom is 0.169 e.